The van der Waals surface area contributed by atoms with Crippen LogP contribution in [0.3, 0.4) is 0 Å². The molecule has 5 nitrogen and oxygen atoms in total. The second kappa shape index (κ2) is 8.25. The number of ether oxygens (including phenoxy) is 1. The molecule has 0 heterocycles. The number of hydrogen-bond acceptors (Lipinski definition) is 3. The molecule has 1 unspecified atom stereocenters. The van der Waals surface area contributed by atoms with Gasteiger partial charge in [0.1, 0.15) is 0 Å². The number of carboxylic acid groups (broad SMARTS) is 1. The fraction of sp³-hybridized carbons (Fsp3) is 0.867. The van der Waals surface area contributed by atoms with Gasteiger partial charge in [-0.1, -0.05) is 32.6 Å². The van der Waals surface area contributed by atoms with Gasteiger partial charge in [0, 0.05) is 20.1 Å². The molecule has 1 saturated carbocycles. The Morgan fingerprint density at radius 3 is 2.35 bits per heavy atom. The molecule has 0 aromatic carbocycles. The number of nitrogens with one attached hydrogen (secondary N) is 1. The molecule has 1 atom stereocenters. The van der Waals surface area contributed by atoms with E-state index >= 15 is 0 Å². The lowest BCUT2D eigenvalue weighted by Gasteiger charge is -2.27. The van der Waals surface area contributed by atoms with Gasteiger partial charge in [0.15, 0.2) is 0 Å². The van der Waals surface area contributed by atoms with Gasteiger partial charge in [0.2, 0.25) is 5.91 Å². The highest BCUT2D eigenvalue weighted by Gasteiger charge is 2.40. The zero-order chi connectivity index (χ0) is 15.0. The van der Waals surface area contributed by atoms with Crippen LogP contribution in [0.4, 0.5) is 0 Å². The minimum Gasteiger partial charge on any atom is -0.481 e. The summed E-state index contributed by atoms with van der Waals surface area (Å²) in [5, 5.41) is 12.4. The molecule has 0 bridgehead atoms. The molecule has 1 amide bonds. The number of carbonyl (C=O) groups is 2. The summed E-state index contributed by atoms with van der Waals surface area (Å²) in [6.07, 6.45) is 5.27. The number of aliphatic carboxylic acids is 1. The number of rotatable bonds is 7. The summed E-state index contributed by atoms with van der Waals surface area (Å²) >= 11 is 0. The molecule has 5 heteroatoms. The van der Waals surface area contributed by atoms with Gasteiger partial charge < -0.3 is 15.2 Å². The van der Waals surface area contributed by atoms with Crippen LogP contribution in [0.25, 0.3) is 0 Å². The zero-order valence-corrected chi connectivity index (χ0v) is 12.6. The molecular formula is C15H27NO4. The van der Waals surface area contributed by atoms with E-state index in [2.05, 4.69) is 5.32 Å². The molecule has 1 fully saturated rings. The highest BCUT2D eigenvalue weighted by Crippen LogP contribution is 2.38. The topological polar surface area (TPSA) is 75.6 Å². The van der Waals surface area contributed by atoms with E-state index in [0.29, 0.717) is 26.0 Å². The van der Waals surface area contributed by atoms with E-state index in [1.165, 1.54) is 0 Å². The van der Waals surface area contributed by atoms with Crippen LogP contribution in [0, 0.1) is 11.3 Å². The third kappa shape index (κ3) is 5.12. The average molecular weight is 285 g/mol. The lowest BCUT2D eigenvalue weighted by molar-refractivity contribution is -0.152. The number of methoxy groups -OCH3 is 1. The van der Waals surface area contributed by atoms with E-state index in [0.717, 1.165) is 25.7 Å². The van der Waals surface area contributed by atoms with Crippen molar-refractivity contribution in [1.29, 1.82) is 0 Å². The van der Waals surface area contributed by atoms with Gasteiger partial charge in [-0.2, -0.15) is 0 Å². The SMILES string of the molecule is COCC(C)CNC(=O)CC1(C(=O)O)CCCCCC1. The van der Waals surface area contributed by atoms with E-state index in [1.807, 2.05) is 6.92 Å². The maximum atomic E-state index is 12.0. The number of carboxylic acids is 1. The quantitative estimate of drug-likeness (QED) is 0.703. The molecule has 1 rings (SSSR count). The van der Waals surface area contributed by atoms with Gasteiger partial charge in [-0.15, -0.1) is 0 Å². The average Bonchev–Trinajstić information content (AvgIpc) is 2.63. The Kier molecular flexibility index (Phi) is 6.99. The first-order chi connectivity index (χ1) is 9.50. The Labute approximate surface area is 121 Å². The highest BCUT2D eigenvalue weighted by atomic mass is 16.5. The van der Waals surface area contributed by atoms with E-state index < -0.39 is 11.4 Å². The summed E-state index contributed by atoms with van der Waals surface area (Å²) in [4.78, 5) is 23.6. The molecule has 0 spiro atoms. The Balaban J connectivity index is 2.52. The van der Waals surface area contributed by atoms with E-state index in [9.17, 15) is 14.7 Å². The first-order valence-electron chi connectivity index (χ1n) is 7.49. The van der Waals surface area contributed by atoms with Crippen LogP contribution in [0.2, 0.25) is 0 Å². The van der Waals surface area contributed by atoms with Crippen LogP contribution in [0.5, 0.6) is 0 Å². The van der Waals surface area contributed by atoms with Crippen molar-refractivity contribution in [3.8, 4) is 0 Å². The lowest BCUT2D eigenvalue weighted by atomic mass is 9.77. The highest BCUT2D eigenvalue weighted by molar-refractivity contribution is 5.85. The third-order valence-electron chi connectivity index (χ3n) is 4.11. The number of amides is 1. The third-order valence-corrected chi connectivity index (χ3v) is 4.11. The van der Waals surface area contributed by atoms with Crippen LogP contribution in [-0.2, 0) is 14.3 Å². The van der Waals surface area contributed by atoms with Crippen molar-refractivity contribution in [2.75, 3.05) is 20.3 Å². The van der Waals surface area contributed by atoms with Gasteiger partial charge in [-0.25, -0.2) is 0 Å². The van der Waals surface area contributed by atoms with Crippen LogP contribution in [0.1, 0.15) is 51.9 Å². The summed E-state index contributed by atoms with van der Waals surface area (Å²) in [6, 6.07) is 0. The maximum Gasteiger partial charge on any atom is 0.310 e. The molecule has 2 N–H and O–H groups in total. The molecule has 20 heavy (non-hydrogen) atoms. The van der Waals surface area contributed by atoms with E-state index in [1.54, 1.807) is 7.11 Å². The van der Waals surface area contributed by atoms with Crippen LogP contribution < -0.4 is 5.32 Å². The second-order valence-electron chi connectivity index (χ2n) is 6.04. The predicted molar refractivity (Wildman–Crippen MR) is 76.4 cm³/mol. The fourth-order valence-corrected chi connectivity index (χ4v) is 2.87. The van der Waals surface area contributed by atoms with Crippen molar-refractivity contribution in [3.05, 3.63) is 0 Å². The van der Waals surface area contributed by atoms with Crippen molar-refractivity contribution >= 4 is 11.9 Å². The van der Waals surface area contributed by atoms with Crippen LogP contribution >= 0.6 is 0 Å². The van der Waals surface area contributed by atoms with Crippen molar-refractivity contribution in [2.24, 2.45) is 11.3 Å². The lowest BCUT2D eigenvalue weighted by Crippen LogP contribution is -2.39. The van der Waals surface area contributed by atoms with Crippen LogP contribution in [-0.4, -0.2) is 37.2 Å². The van der Waals surface area contributed by atoms with Gasteiger partial charge in [-0.3, -0.25) is 9.59 Å². The fourth-order valence-electron chi connectivity index (χ4n) is 2.87. The van der Waals surface area contributed by atoms with Crippen molar-refractivity contribution in [3.63, 3.8) is 0 Å². The zero-order valence-electron chi connectivity index (χ0n) is 12.6. The molecule has 0 aromatic heterocycles. The normalized spacial score (nSPS) is 19.9. The largest absolute Gasteiger partial charge is 0.481 e. The standard InChI is InChI=1S/C15H27NO4/c1-12(11-20-2)10-16-13(17)9-15(14(18)19)7-5-3-4-6-8-15/h12H,3-11H2,1-2H3,(H,16,17)(H,18,19). The first-order valence-corrected chi connectivity index (χ1v) is 7.49. The molecule has 1 aliphatic carbocycles. The smallest absolute Gasteiger partial charge is 0.310 e. The van der Waals surface area contributed by atoms with Gasteiger partial charge in [-0.05, 0) is 18.8 Å². The Bertz CT molecular complexity index is 322. The van der Waals surface area contributed by atoms with E-state index in [4.69, 9.17) is 4.74 Å². The Morgan fingerprint density at radius 1 is 1.25 bits per heavy atom. The summed E-state index contributed by atoms with van der Waals surface area (Å²) in [7, 11) is 1.63. The number of hydrogen-bond donors (Lipinski definition) is 2. The summed E-state index contributed by atoms with van der Waals surface area (Å²) < 4.78 is 5.02. The summed E-state index contributed by atoms with van der Waals surface area (Å²) in [5.41, 5.74) is -0.856. The Morgan fingerprint density at radius 2 is 1.85 bits per heavy atom. The van der Waals surface area contributed by atoms with Gasteiger partial charge >= 0.3 is 5.97 Å². The molecule has 0 saturated heterocycles. The molecule has 116 valence electrons. The van der Waals surface area contributed by atoms with E-state index in [-0.39, 0.29) is 18.2 Å². The summed E-state index contributed by atoms with van der Waals surface area (Å²) in [5.74, 6) is -0.740. The molecule has 0 radical (unpaired) electrons. The second-order valence-corrected chi connectivity index (χ2v) is 6.04. The van der Waals surface area contributed by atoms with Crippen molar-refractivity contribution in [2.45, 2.75) is 51.9 Å². The minimum absolute atomic E-state index is 0.0992. The van der Waals surface area contributed by atoms with Crippen LogP contribution in [0.15, 0.2) is 0 Å². The Hall–Kier alpha value is -1.10. The molecule has 0 aliphatic heterocycles. The van der Waals surface area contributed by atoms with Crippen molar-refractivity contribution in [1.82, 2.24) is 5.32 Å². The molecule has 1 aliphatic rings. The molecular weight excluding hydrogens is 258 g/mol. The van der Waals surface area contributed by atoms with Crippen molar-refractivity contribution < 1.29 is 19.4 Å². The van der Waals surface area contributed by atoms with Gasteiger partial charge in [0.25, 0.3) is 0 Å². The first kappa shape index (κ1) is 17.0. The molecule has 0 aromatic rings. The maximum absolute atomic E-state index is 12.0. The summed E-state index contributed by atoms with van der Waals surface area (Å²) in [6.45, 7) is 3.11. The monoisotopic (exact) mass is 285 g/mol. The van der Waals surface area contributed by atoms with Gasteiger partial charge in [0.05, 0.1) is 12.0 Å². The predicted octanol–water partition coefficient (Wildman–Crippen LogP) is 2.20. The number of carbonyl (C=O) groups excluding carboxylic acids is 1. The minimum atomic E-state index is -0.856.